The summed E-state index contributed by atoms with van der Waals surface area (Å²) in [6.45, 7) is 8.27. The summed E-state index contributed by atoms with van der Waals surface area (Å²) in [6, 6.07) is 0. The Morgan fingerprint density at radius 2 is 1.91 bits per heavy atom. The summed E-state index contributed by atoms with van der Waals surface area (Å²) in [6.07, 6.45) is 1.92. The van der Waals surface area contributed by atoms with Gasteiger partial charge in [-0.15, -0.1) is 0 Å². The molecule has 3 N–H and O–H groups in total. The molecule has 0 spiro atoms. The molecule has 0 aliphatic rings. The van der Waals surface area contributed by atoms with Crippen molar-refractivity contribution in [3.63, 3.8) is 0 Å². The lowest BCUT2D eigenvalue weighted by atomic mass is 10.1. The maximum Gasteiger partial charge on any atom is 0.0413 e. The molecule has 0 aromatic carbocycles. The topological polar surface area (TPSA) is 41.3 Å². The highest BCUT2D eigenvalue weighted by Crippen LogP contribution is 2.00. The van der Waals surface area contributed by atoms with Crippen LogP contribution in [0.25, 0.3) is 0 Å². The molecular weight excluding hydrogens is 138 g/mol. The van der Waals surface area contributed by atoms with E-state index in [4.69, 9.17) is 5.84 Å². The maximum atomic E-state index is 5.49. The molecule has 0 aromatic heterocycles. The molecule has 0 aromatic rings. The first-order valence-electron chi connectivity index (χ1n) is 3.76. The van der Waals surface area contributed by atoms with Crippen LogP contribution in [0.1, 0.15) is 27.7 Å². The van der Waals surface area contributed by atoms with Crippen molar-refractivity contribution in [3.8, 4) is 0 Å². The summed E-state index contributed by atoms with van der Waals surface area (Å²) in [5.41, 5.74) is 1.12. The van der Waals surface area contributed by atoms with E-state index in [1.165, 1.54) is 0 Å². The van der Waals surface area contributed by atoms with Gasteiger partial charge in [0.1, 0.15) is 0 Å². The zero-order valence-corrected chi connectivity index (χ0v) is 8.10. The van der Waals surface area contributed by atoms with Crippen LogP contribution in [0, 0.1) is 0 Å². The Hall–Kier alpha value is -0.700. The van der Waals surface area contributed by atoms with Crippen LogP contribution < -0.4 is 11.2 Å². The average Bonchev–Trinajstić information content (AvgIpc) is 1.80. The monoisotopic (exact) mass is 157 g/mol. The molecule has 0 atom stereocenters. The van der Waals surface area contributed by atoms with E-state index in [-0.39, 0.29) is 5.54 Å². The van der Waals surface area contributed by atoms with Crippen LogP contribution in [0.5, 0.6) is 0 Å². The first kappa shape index (κ1) is 10.3. The Labute approximate surface area is 69.2 Å². The highest BCUT2D eigenvalue weighted by atomic mass is 15.4. The van der Waals surface area contributed by atoms with E-state index in [0.717, 1.165) is 5.70 Å². The van der Waals surface area contributed by atoms with Crippen molar-refractivity contribution in [3.05, 3.63) is 11.9 Å². The lowest BCUT2D eigenvalue weighted by Crippen LogP contribution is -2.33. The van der Waals surface area contributed by atoms with Crippen molar-refractivity contribution in [2.45, 2.75) is 33.2 Å². The van der Waals surface area contributed by atoms with Gasteiger partial charge in [0.15, 0.2) is 0 Å². The van der Waals surface area contributed by atoms with Gasteiger partial charge in [-0.05, 0) is 27.7 Å². The Balaban J connectivity index is 3.93. The van der Waals surface area contributed by atoms with Crippen LogP contribution in [0.3, 0.4) is 0 Å². The Morgan fingerprint density at radius 1 is 1.45 bits per heavy atom. The molecule has 0 saturated heterocycles. The molecule has 0 aliphatic carbocycles. The van der Waals surface area contributed by atoms with Crippen LogP contribution >= 0.6 is 0 Å². The van der Waals surface area contributed by atoms with Gasteiger partial charge in [-0.3, -0.25) is 0 Å². The molecule has 0 aliphatic heterocycles. The highest BCUT2D eigenvalue weighted by Gasteiger charge is 2.05. The molecule has 0 bridgehead atoms. The van der Waals surface area contributed by atoms with Crippen LogP contribution in [-0.4, -0.2) is 17.6 Å². The smallest absolute Gasteiger partial charge is 0.0413 e. The van der Waals surface area contributed by atoms with Gasteiger partial charge in [-0.2, -0.15) is 0 Å². The fourth-order valence-electron chi connectivity index (χ4n) is 0.423. The molecule has 0 unspecified atom stereocenters. The number of hydrogen-bond acceptors (Lipinski definition) is 3. The zero-order valence-electron chi connectivity index (χ0n) is 8.10. The number of nitrogens with one attached hydrogen (secondary N) is 1. The van der Waals surface area contributed by atoms with E-state index >= 15 is 0 Å². The molecular formula is C8H19N3. The van der Waals surface area contributed by atoms with Gasteiger partial charge in [-0.25, -0.2) is 5.84 Å². The molecule has 0 rings (SSSR count). The van der Waals surface area contributed by atoms with Gasteiger partial charge < -0.3 is 10.3 Å². The first-order chi connectivity index (χ1) is 4.83. The molecule has 0 amide bonds. The third kappa shape index (κ3) is 5.73. The van der Waals surface area contributed by atoms with E-state index in [2.05, 4.69) is 26.1 Å². The minimum atomic E-state index is 0.108. The fraction of sp³-hybridized carbons (Fsp3) is 0.750. The lowest BCUT2D eigenvalue weighted by molar-refractivity contribution is 0.424. The number of allylic oxidation sites excluding steroid dienone is 1. The molecule has 3 nitrogen and oxygen atoms in total. The summed E-state index contributed by atoms with van der Waals surface area (Å²) >= 11 is 0. The van der Waals surface area contributed by atoms with Crippen LogP contribution in [0.2, 0.25) is 0 Å². The third-order valence-corrected chi connectivity index (χ3v) is 1.27. The lowest BCUT2D eigenvalue weighted by Gasteiger charge is -2.21. The van der Waals surface area contributed by atoms with Crippen LogP contribution in [0.15, 0.2) is 11.9 Å². The molecule has 0 radical (unpaired) electrons. The van der Waals surface area contributed by atoms with Crippen molar-refractivity contribution < 1.29 is 0 Å². The normalized spacial score (nSPS) is 13.1. The van der Waals surface area contributed by atoms with Gasteiger partial charge in [0.25, 0.3) is 0 Å². The SMILES string of the molecule is C/C(=C/NC(C)(C)C)N(C)N. The number of rotatable bonds is 2. The third-order valence-electron chi connectivity index (χ3n) is 1.27. The second-order valence-corrected chi connectivity index (χ2v) is 3.79. The first-order valence-corrected chi connectivity index (χ1v) is 3.76. The molecule has 3 heteroatoms. The van der Waals surface area contributed by atoms with E-state index in [0.29, 0.717) is 0 Å². The minimum absolute atomic E-state index is 0.108. The Kier molecular flexibility index (Phi) is 3.39. The molecule has 0 fully saturated rings. The van der Waals surface area contributed by atoms with Crippen molar-refractivity contribution in [2.75, 3.05) is 7.05 Å². The van der Waals surface area contributed by atoms with Crippen molar-refractivity contribution in [2.24, 2.45) is 5.84 Å². The van der Waals surface area contributed by atoms with Gasteiger partial charge in [0, 0.05) is 24.5 Å². The zero-order chi connectivity index (χ0) is 9.07. The van der Waals surface area contributed by atoms with Crippen molar-refractivity contribution >= 4 is 0 Å². The summed E-state index contributed by atoms with van der Waals surface area (Å²) < 4.78 is 0. The molecule has 0 saturated carbocycles. The van der Waals surface area contributed by atoms with E-state index in [9.17, 15) is 0 Å². The average molecular weight is 157 g/mol. The van der Waals surface area contributed by atoms with Gasteiger partial charge in [0.2, 0.25) is 0 Å². The second kappa shape index (κ2) is 3.62. The fourth-order valence-corrected chi connectivity index (χ4v) is 0.423. The quantitative estimate of drug-likeness (QED) is 0.465. The Morgan fingerprint density at radius 3 is 2.18 bits per heavy atom. The Bertz CT molecular complexity index is 142. The van der Waals surface area contributed by atoms with Crippen molar-refractivity contribution in [1.82, 2.24) is 10.3 Å². The van der Waals surface area contributed by atoms with E-state index < -0.39 is 0 Å². The van der Waals surface area contributed by atoms with Gasteiger partial charge >= 0.3 is 0 Å². The summed E-state index contributed by atoms with van der Waals surface area (Å²) in [5.74, 6) is 5.49. The van der Waals surface area contributed by atoms with Crippen LogP contribution in [0.4, 0.5) is 0 Å². The predicted molar refractivity (Wildman–Crippen MR) is 48.6 cm³/mol. The molecule has 66 valence electrons. The standard InChI is InChI=1S/C8H19N3/c1-7(11(5)9)6-10-8(2,3)4/h6,10H,9H2,1-5H3/b7-6-. The highest BCUT2D eigenvalue weighted by molar-refractivity contribution is 4.95. The minimum Gasteiger partial charge on any atom is -0.385 e. The van der Waals surface area contributed by atoms with Crippen LogP contribution in [-0.2, 0) is 0 Å². The van der Waals surface area contributed by atoms with E-state index in [1.54, 1.807) is 5.01 Å². The largest absolute Gasteiger partial charge is 0.385 e. The second-order valence-electron chi connectivity index (χ2n) is 3.79. The summed E-state index contributed by atoms with van der Waals surface area (Å²) in [7, 11) is 1.82. The predicted octanol–water partition coefficient (Wildman–Crippen LogP) is 1.04. The molecule has 11 heavy (non-hydrogen) atoms. The maximum absolute atomic E-state index is 5.49. The van der Waals surface area contributed by atoms with Gasteiger partial charge in [0.05, 0.1) is 0 Å². The summed E-state index contributed by atoms with van der Waals surface area (Å²) in [5, 5.41) is 4.80. The summed E-state index contributed by atoms with van der Waals surface area (Å²) in [4.78, 5) is 0. The van der Waals surface area contributed by atoms with E-state index in [1.807, 2.05) is 20.2 Å². The number of hydrazine groups is 1. The number of nitrogens with two attached hydrogens (primary N) is 1. The van der Waals surface area contributed by atoms with Crippen molar-refractivity contribution in [1.29, 1.82) is 0 Å². The van der Waals surface area contributed by atoms with Gasteiger partial charge in [-0.1, -0.05) is 0 Å². The molecule has 0 heterocycles. The number of nitrogens with zero attached hydrogens (tertiary/aromatic N) is 1. The number of hydrogen-bond donors (Lipinski definition) is 2.